The Balaban J connectivity index is 2.59. The lowest BCUT2D eigenvalue weighted by Gasteiger charge is -2.25. The van der Waals surface area contributed by atoms with Gasteiger partial charge in [-0.2, -0.15) is 0 Å². The van der Waals surface area contributed by atoms with Gasteiger partial charge in [-0.25, -0.2) is 9.97 Å². The molecule has 0 N–H and O–H groups in total. The number of halogens is 1. The van der Waals surface area contributed by atoms with Gasteiger partial charge in [0.25, 0.3) is 0 Å². The highest BCUT2D eigenvalue weighted by Crippen LogP contribution is 2.37. The Morgan fingerprint density at radius 1 is 1.36 bits per heavy atom. The van der Waals surface area contributed by atoms with Crippen LogP contribution in [0, 0.1) is 5.92 Å². The van der Waals surface area contributed by atoms with Crippen molar-refractivity contribution in [2.24, 2.45) is 5.11 Å². The summed E-state index contributed by atoms with van der Waals surface area (Å²) in [6, 6.07) is 1.77. The van der Waals surface area contributed by atoms with E-state index < -0.39 is 5.54 Å². The van der Waals surface area contributed by atoms with Gasteiger partial charge in [0, 0.05) is 17.3 Å². The smallest absolute Gasteiger partial charge is 0.223 e. The normalized spacial score (nSPS) is 14.8. The van der Waals surface area contributed by atoms with E-state index in [0.717, 1.165) is 22.8 Å². The predicted octanol–water partition coefficient (Wildman–Crippen LogP) is 5.99. The summed E-state index contributed by atoms with van der Waals surface area (Å²) in [5, 5.41) is 5.96. The lowest BCUT2D eigenvalue weighted by molar-refractivity contribution is 0.210. The maximum atomic E-state index is 8.95. The maximum absolute atomic E-state index is 8.95. The van der Waals surface area contributed by atoms with E-state index >= 15 is 0 Å². The van der Waals surface area contributed by atoms with Crippen molar-refractivity contribution < 1.29 is 4.74 Å². The largest absolute Gasteiger partial charge is 0.474 e. The third-order valence-corrected chi connectivity index (χ3v) is 4.45. The fraction of sp³-hybridized carbons (Fsp3) is 0.500. The van der Waals surface area contributed by atoms with Crippen molar-refractivity contribution in [3.05, 3.63) is 45.5 Å². The van der Waals surface area contributed by atoms with E-state index in [4.69, 9.17) is 21.9 Å². The van der Waals surface area contributed by atoms with Crippen LogP contribution < -0.4 is 4.74 Å². The van der Waals surface area contributed by atoms with Gasteiger partial charge < -0.3 is 4.74 Å². The molecule has 2 atom stereocenters. The van der Waals surface area contributed by atoms with Crippen LogP contribution in [0.5, 0.6) is 5.88 Å². The average Bonchev–Trinajstić information content (AvgIpc) is 2.54. The molecule has 2 rings (SSSR count). The number of hydrogen-bond acceptors (Lipinski definition) is 4. The molecule has 1 radical (unpaired) electrons. The molecular weight excluding hydrogens is 338 g/mol. The van der Waals surface area contributed by atoms with Gasteiger partial charge in [-0.05, 0) is 55.2 Å². The highest BCUT2D eigenvalue weighted by Gasteiger charge is 2.27. The van der Waals surface area contributed by atoms with Crippen molar-refractivity contribution in [1.82, 2.24) is 9.97 Å². The van der Waals surface area contributed by atoms with Crippen molar-refractivity contribution in [1.29, 1.82) is 0 Å². The van der Waals surface area contributed by atoms with Crippen molar-refractivity contribution in [2.45, 2.75) is 59.1 Å². The van der Waals surface area contributed by atoms with Gasteiger partial charge in [-0.3, -0.25) is 0 Å². The standard InChI is InChI=1S/C18H23ClN5O/c1-6-18(5,23-24-20)15-10-22-17(25-12(4)7-11(2)3)14-9-21-16(19)8-13(14)15/h8-10,12H,6-7H2,1-5H3/t12?,18-/m1/s1. The first-order valence-electron chi connectivity index (χ1n) is 8.27. The van der Waals surface area contributed by atoms with Gasteiger partial charge in [0.2, 0.25) is 5.88 Å². The zero-order valence-electron chi connectivity index (χ0n) is 15.2. The molecule has 0 spiro atoms. The molecule has 6 nitrogen and oxygen atoms in total. The van der Waals surface area contributed by atoms with Crippen LogP contribution in [-0.4, -0.2) is 16.1 Å². The molecule has 0 aliphatic carbocycles. The third kappa shape index (κ3) is 4.33. The second-order valence-electron chi connectivity index (χ2n) is 6.69. The molecule has 0 fully saturated rings. The summed E-state index contributed by atoms with van der Waals surface area (Å²) < 4.78 is 6.02. The fourth-order valence-corrected chi connectivity index (χ4v) is 2.99. The Labute approximate surface area is 153 Å². The van der Waals surface area contributed by atoms with Crippen LogP contribution in [0.15, 0.2) is 23.6 Å². The van der Waals surface area contributed by atoms with Gasteiger partial charge in [0.1, 0.15) is 5.15 Å². The highest BCUT2D eigenvalue weighted by atomic mass is 35.5. The fourth-order valence-electron chi connectivity index (χ4n) is 2.83. The van der Waals surface area contributed by atoms with E-state index in [1.54, 1.807) is 18.5 Å². The second kappa shape index (κ2) is 7.89. The zero-order valence-corrected chi connectivity index (χ0v) is 16.0. The summed E-state index contributed by atoms with van der Waals surface area (Å²) in [6.45, 7) is 10.0. The number of pyridine rings is 2. The Hall–Kier alpha value is -2.04. The first-order chi connectivity index (χ1) is 11.8. The van der Waals surface area contributed by atoms with Gasteiger partial charge in [0.15, 0.2) is 0 Å². The van der Waals surface area contributed by atoms with Gasteiger partial charge in [-0.15, -0.1) is 0 Å². The van der Waals surface area contributed by atoms with E-state index in [1.165, 1.54) is 5.92 Å². The number of fused-ring (bicyclic) bond motifs is 1. The zero-order chi connectivity index (χ0) is 18.6. The maximum Gasteiger partial charge on any atom is 0.223 e. The molecule has 0 aliphatic heterocycles. The number of ether oxygens (including phenoxy) is 1. The SMILES string of the molecule is CC[C@@](C)(N=[N+]=[N-])c1cnc(OC(C)C[C](C)C)c2cnc(Cl)cc12. The first-order valence-corrected chi connectivity index (χ1v) is 8.65. The van der Waals surface area contributed by atoms with E-state index in [1.807, 2.05) is 20.8 Å². The van der Waals surface area contributed by atoms with Crippen molar-refractivity contribution >= 4 is 22.4 Å². The van der Waals surface area contributed by atoms with E-state index in [2.05, 4.69) is 33.8 Å². The number of rotatable bonds is 7. The van der Waals surface area contributed by atoms with Crippen molar-refractivity contribution in [2.75, 3.05) is 0 Å². The van der Waals surface area contributed by atoms with Crippen molar-refractivity contribution in [3.63, 3.8) is 0 Å². The van der Waals surface area contributed by atoms with Crippen LogP contribution in [0.2, 0.25) is 5.15 Å². The summed E-state index contributed by atoms with van der Waals surface area (Å²) >= 11 is 6.11. The summed E-state index contributed by atoms with van der Waals surface area (Å²) in [4.78, 5) is 11.7. The van der Waals surface area contributed by atoms with Gasteiger partial charge in [-0.1, -0.05) is 37.5 Å². The molecule has 133 valence electrons. The summed E-state index contributed by atoms with van der Waals surface area (Å²) in [5.41, 5.74) is 9.04. The summed E-state index contributed by atoms with van der Waals surface area (Å²) in [5.74, 6) is 1.80. The average molecular weight is 361 g/mol. The molecule has 0 aromatic carbocycles. The number of nitrogens with zero attached hydrogens (tertiary/aromatic N) is 5. The summed E-state index contributed by atoms with van der Waals surface area (Å²) in [7, 11) is 0. The minimum Gasteiger partial charge on any atom is -0.474 e. The molecule has 0 amide bonds. The quantitative estimate of drug-likeness (QED) is 0.263. The number of aromatic nitrogens is 2. The minimum atomic E-state index is -0.720. The molecule has 2 aromatic heterocycles. The van der Waals surface area contributed by atoms with Crippen LogP contribution in [-0.2, 0) is 5.54 Å². The van der Waals surface area contributed by atoms with Crippen LogP contribution >= 0.6 is 11.6 Å². The van der Waals surface area contributed by atoms with Crippen LogP contribution in [0.25, 0.3) is 21.2 Å². The lowest BCUT2D eigenvalue weighted by atomic mass is 9.88. The highest BCUT2D eigenvalue weighted by molar-refractivity contribution is 6.30. The summed E-state index contributed by atoms with van der Waals surface area (Å²) in [6.07, 6.45) is 4.84. The third-order valence-electron chi connectivity index (χ3n) is 4.24. The van der Waals surface area contributed by atoms with E-state index in [9.17, 15) is 0 Å². The van der Waals surface area contributed by atoms with E-state index in [-0.39, 0.29) is 6.10 Å². The molecular formula is C18H23ClN5O. The first kappa shape index (κ1) is 19.3. The molecule has 0 aliphatic rings. The van der Waals surface area contributed by atoms with Crippen molar-refractivity contribution in [3.8, 4) is 5.88 Å². The van der Waals surface area contributed by atoms with Crippen LogP contribution in [0.4, 0.5) is 0 Å². The van der Waals surface area contributed by atoms with E-state index in [0.29, 0.717) is 17.5 Å². The molecule has 25 heavy (non-hydrogen) atoms. The van der Waals surface area contributed by atoms with Crippen LogP contribution in [0.3, 0.4) is 0 Å². The molecule has 0 saturated carbocycles. The Morgan fingerprint density at radius 3 is 2.68 bits per heavy atom. The molecule has 0 saturated heterocycles. The molecule has 2 heterocycles. The Morgan fingerprint density at radius 2 is 2.08 bits per heavy atom. The molecule has 7 heteroatoms. The molecule has 0 bridgehead atoms. The Kier molecular flexibility index (Phi) is 6.09. The topological polar surface area (TPSA) is 83.8 Å². The van der Waals surface area contributed by atoms with Crippen LogP contribution in [0.1, 0.15) is 53.0 Å². The number of azide groups is 1. The van der Waals surface area contributed by atoms with Gasteiger partial charge >= 0.3 is 0 Å². The molecule has 2 aromatic rings. The Bertz CT molecular complexity index is 803. The second-order valence-corrected chi connectivity index (χ2v) is 7.07. The number of hydrogen-bond donors (Lipinski definition) is 0. The monoisotopic (exact) mass is 360 g/mol. The minimum absolute atomic E-state index is 0.00286. The predicted molar refractivity (Wildman–Crippen MR) is 101 cm³/mol. The lowest BCUT2D eigenvalue weighted by Crippen LogP contribution is -2.19. The molecule has 1 unspecified atom stereocenters. The van der Waals surface area contributed by atoms with Gasteiger partial charge in [0.05, 0.1) is 17.0 Å².